The number of halogens is 1. The molecular formula is C14H11ClN4O2. The SMILES string of the molecule is O=C1C[C@H](C(=O)Nc2ccc(Cl)nn2)c2ccccc2N1. The summed E-state index contributed by atoms with van der Waals surface area (Å²) in [5.41, 5.74) is 1.45. The zero-order valence-electron chi connectivity index (χ0n) is 10.8. The van der Waals surface area contributed by atoms with Crippen LogP contribution in [0.3, 0.4) is 0 Å². The van der Waals surface area contributed by atoms with Crippen LogP contribution in [-0.4, -0.2) is 22.0 Å². The predicted octanol–water partition coefficient (Wildman–Crippen LogP) is 2.19. The molecule has 3 rings (SSSR count). The molecular weight excluding hydrogens is 292 g/mol. The van der Waals surface area contributed by atoms with Gasteiger partial charge in [-0.1, -0.05) is 29.8 Å². The zero-order valence-corrected chi connectivity index (χ0v) is 11.6. The molecule has 1 aromatic heterocycles. The van der Waals surface area contributed by atoms with Gasteiger partial charge in [-0.15, -0.1) is 10.2 Å². The third kappa shape index (κ3) is 2.85. The van der Waals surface area contributed by atoms with Crippen LogP contribution in [0.25, 0.3) is 0 Å². The van der Waals surface area contributed by atoms with Crippen molar-refractivity contribution in [2.24, 2.45) is 0 Å². The van der Waals surface area contributed by atoms with E-state index in [2.05, 4.69) is 20.8 Å². The second-order valence-electron chi connectivity index (χ2n) is 4.62. The van der Waals surface area contributed by atoms with Gasteiger partial charge in [-0.2, -0.15) is 0 Å². The van der Waals surface area contributed by atoms with Crippen molar-refractivity contribution in [1.29, 1.82) is 0 Å². The van der Waals surface area contributed by atoms with E-state index in [0.29, 0.717) is 11.5 Å². The van der Waals surface area contributed by atoms with E-state index in [1.807, 2.05) is 18.2 Å². The molecule has 2 heterocycles. The van der Waals surface area contributed by atoms with E-state index in [9.17, 15) is 9.59 Å². The van der Waals surface area contributed by atoms with Crippen LogP contribution in [0.15, 0.2) is 36.4 Å². The number of nitrogens with zero attached hydrogens (tertiary/aromatic N) is 2. The first-order valence-corrected chi connectivity index (χ1v) is 6.70. The Labute approximate surface area is 125 Å². The first-order valence-electron chi connectivity index (χ1n) is 6.32. The number of rotatable bonds is 2. The predicted molar refractivity (Wildman–Crippen MR) is 78.1 cm³/mol. The molecule has 1 aliphatic heterocycles. The summed E-state index contributed by atoms with van der Waals surface area (Å²) in [6, 6.07) is 10.3. The Balaban J connectivity index is 1.84. The standard InChI is InChI=1S/C14H11ClN4O2/c15-11-5-6-12(19-18-11)17-14(21)9-7-13(20)16-10-4-2-1-3-8(9)10/h1-6,9H,7H2,(H,16,20)(H,17,19,21)/t9-/m0/s1. The highest BCUT2D eigenvalue weighted by atomic mass is 35.5. The van der Waals surface area contributed by atoms with Crippen molar-refractivity contribution in [3.63, 3.8) is 0 Å². The van der Waals surface area contributed by atoms with Crippen molar-refractivity contribution in [2.75, 3.05) is 10.6 Å². The van der Waals surface area contributed by atoms with Crippen LogP contribution in [0.2, 0.25) is 5.15 Å². The van der Waals surface area contributed by atoms with E-state index in [-0.39, 0.29) is 23.4 Å². The van der Waals surface area contributed by atoms with Gasteiger partial charge in [0.05, 0.1) is 5.92 Å². The molecule has 0 aliphatic carbocycles. The van der Waals surface area contributed by atoms with Crippen LogP contribution in [-0.2, 0) is 9.59 Å². The average molecular weight is 303 g/mol. The summed E-state index contributed by atoms with van der Waals surface area (Å²) in [7, 11) is 0. The Morgan fingerprint density at radius 2 is 2.05 bits per heavy atom. The lowest BCUT2D eigenvalue weighted by Crippen LogP contribution is -2.31. The zero-order chi connectivity index (χ0) is 14.8. The average Bonchev–Trinajstić information content (AvgIpc) is 2.48. The number of amides is 2. The number of para-hydroxylation sites is 1. The maximum atomic E-state index is 12.4. The Kier molecular flexibility index (Phi) is 3.53. The van der Waals surface area contributed by atoms with E-state index >= 15 is 0 Å². The minimum absolute atomic E-state index is 0.101. The summed E-state index contributed by atoms with van der Waals surface area (Å²) in [5, 5.41) is 13.1. The molecule has 1 atom stereocenters. The van der Waals surface area contributed by atoms with Crippen LogP contribution in [0.5, 0.6) is 0 Å². The van der Waals surface area contributed by atoms with Crippen molar-refractivity contribution in [2.45, 2.75) is 12.3 Å². The fraction of sp³-hybridized carbons (Fsp3) is 0.143. The third-order valence-corrected chi connectivity index (χ3v) is 3.40. The summed E-state index contributed by atoms with van der Waals surface area (Å²) in [4.78, 5) is 24.1. The van der Waals surface area contributed by atoms with E-state index in [1.54, 1.807) is 12.1 Å². The second-order valence-corrected chi connectivity index (χ2v) is 5.01. The summed E-state index contributed by atoms with van der Waals surface area (Å²) in [5.74, 6) is -0.731. The summed E-state index contributed by atoms with van der Waals surface area (Å²) < 4.78 is 0. The molecule has 21 heavy (non-hydrogen) atoms. The van der Waals surface area contributed by atoms with Gasteiger partial charge < -0.3 is 10.6 Å². The van der Waals surface area contributed by atoms with Crippen LogP contribution in [0.1, 0.15) is 17.9 Å². The van der Waals surface area contributed by atoms with Gasteiger partial charge in [0.2, 0.25) is 11.8 Å². The number of benzene rings is 1. The molecule has 0 unspecified atom stereocenters. The van der Waals surface area contributed by atoms with Crippen molar-refractivity contribution in [1.82, 2.24) is 10.2 Å². The Morgan fingerprint density at radius 1 is 1.24 bits per heavy atom. The van der Waals surface area contributed by atoms with E-state index in [1.165, 1.54) is 6.07 Å². The molecule has 1 aromatic carbocycles. The lowest BCUT2D eigenvalue weighted by molar-refractivity contribution is -0.123. The first-order chi connectivity index (χ1) is 10.1. The second kappa shape index (κ2) is 5.49. The molecule has 0 radical (unpaired) electrons. The fourth-order valence-electron chi connectivity index (χ4n) is 2.24. The van der Waals surface area contributed by atoms with Gasteiger partial charge in [0.15, 0.2) is 11.0 Å². The molecule has 2 amide bonds. The summed E-state index contributed by atoms with van der Waals surface area (Å²) in [6.07, 6.45) is 0.101. The van der Waals surface area contributed by atoms with Gasteiger partial charge in [0.25, 0.3) is 0 Å². The number of carbonyl (C=O) groups excluding carboxylic acids is 2. The van der Waals surface area contributed by atoms with Crippen molar-refractivity contribution < 1.29 is 9.59 Å². The Morgan fingerprint density at radius 3 is 2.81 bits per heavy atom. The minimum atomic E-state index is -0.549. The molecule has 2 N–H and O–H groups in total. The van der Waals surface area contributed by atoms with Gasteiger partial charge in [-0.3, -0.25) is 9.59 Å². The molecule has 0 saturated carbocycles. The molecule has 2 aromatic rings. The largest absolute Gasteiger partial charge is 0.326 e. The molecule has 106 valence electrons. The molecule has 0 spiro atoms. The van der Waals surface area contributed by atoms with Crippen LogP contribution in [0.4, 0.5) is 11.5 Å². The number of fused-ring (bicyclic) bond motifs is 1. The monoisotopic (exact) mass is 302 g/mol. The molecule has 7 heteroatoms. The maximum absolute atomic E-state index is 12.4. The van der Waals surface area contributed by atoms with Gasteiger partial charge >= 0.3 is 0 Å². The molecule has 1 aliphatic rings. The maximum Gasteiger partial charge on any atom is 0.233 e. The topological polar surface area (TPSA) is 84.0 Å². The number of aromatic nitrogens is 2. The Bertz CT molecular complexity index is 702. The van der Waals surface area contributed by atoms with Crippen molar-refractivity contribution in [3.8, 4) is 0 Å². The lowest BCUT2D eigenvalue weighted by Gasteiger charge is -2.24. The fourth-order valence-corrected chi connectivity index (χ4v) is 2.34. The van der Waals surface area contributed by atoms with E-state index in [4.69, 9.17) is 11.6 Å². The van der Waals surface area contributed by atoms with Gasteiger partial charge in [-0.05, 0) is 23.8 Å². The van der Waals surface area contributed by atoms with E-state index in [0.717, 1.165) is 5.56 Å². The van der Waals surface area contributed by atoms with Gasteiger partial charge in [0.1, 0.15) is 0 Å². The van der Waals surface area contributed by atoms with Crippen LogP contribution >= 0.6 is 11.6 Å². The normalized spacial score (nSPS) is 16.8. The number of hydrogen-bond acceptors (Lipinski definition) is 4. The Hall–Kier alpha value is -2.47. The highest BCUT2D eigenvalue weighted by molar-refractivity contribution is 6.29. The number of anilines is 2. The molecule has 0 saturated heterocycles. The highest BCUT2D eigenvalue weighted by Crippen LogP contribution is 2.32. The quantitative estimate of drug-likeness (QED) is 0.890. The van der Waals surface area contributed by atoms with Crippen molar-refractivity contribution in [3.05, 3.63) is 47.1 Å². The number of nitrogens with one attached hydrogen (secondary N) is 2. The molecule has 6 nitrogen and oxygen atoms in total. The minimum Gasteiger partial charge on any atom is -0.326 e. The van der Waals surface area contributed by atoms with E-state index < -0.39 is 5.92 Å². The summed E-state index contributed by atoms with van der Waals surface area (Å²) in [6.45, 7) is 0. The van der Waals surface area contributed by atoms with Crippen LogP contribution in [0, 0.1) is 0 Å². The third-order valence-electron chi connectivity index (χ3n) is 3.20. The molecule has 0 bridgehead atoms. The number of carbonyl (C=O) groups is 2. The lowest BCUT2D eigenvalue weighted by atomic mass is 9.90. The first kappa shape index (κ1) is 13.5. The smallest absolute Gasteiger partial charge is 0.233 e. The van der Waals surface area contributed by atoms with Crippen LogP contribution < -0.4 is 10.6 Å². The van der Waals surface area contributed by atoms with Gasteiger partial charge in [-0.25, -0.2) is 0 Å². The van der Waals surface area contributed by atoms with Crippen molar-refractivity contribution >= 4 is 34.9 Å². The molecule has 0 fully saturated rings. The van der Waals surface area contributed by atoms with Gasteiger partial charge in [0, 0.05) is 12.1 Å². The number of hydrogen-bond donors (Lipinski definition) is 2. The summed E-state index contributed by atoms with van der Waals surface area (Å²) >= 11 is 5.64. The highest BCUT2D eigenvalue weighted by Gasteiger charge is 2.30.